The summed E-state index contributed by atoms with van der Waals surface area (Å²) in [6, 6.07) is 25.0. The molecular formula is C36H28Br5F4I5Y20-4. The summed E-state index contributed by atoms with van der Waals surface area (Å²) >= 11 is 26.1. The molecule has 0 unspecified atom stereocenters. The van der Waals surface area contributed by atoms with Gasteiger partial charge in [-0.2, -0.15) is 0 Å². The molecule has 0 N–H and O–H groups in total. The Balaban J connectivity index is -0.0000000191. The Bertz CT molecular complexity index is 1650. The normalized spacial score (nSPS) is 6.77. The summed E-state index contributed by atoms with van der Waals surface area (Å²) in [5.74, 6) is -1.45. The van der Waals surface area contributed by atoms with Crippen LogP contribution >= 0.6 is 193 Å². The molecule has 34 heteroatoms. The molecule has 0 aromatic heterocycles. The van der Waals surface area contributed by atoms with E-state index in [1.807, 2.05) is 62.4 Å². The molecule has 0 amide bonds. The molecule has 0 fully saturated rings. The minimum absolute atomic E-state index is 0. The van der Waals surface area contributed by atoms with Crippen molar-refractivity contribution in [3.05, 3.63) is 159 Å². The van der Waals surface area contributed by atoms with Gasteiger partial charge in [0, 0.05) is 670 Å². The van der Waals surface area contributed by atoms with Crippen LogP contribution in [0, 0.1) is 93.1 Å². The van der Waals surface area contributed by atoms with Crippen LogP contribution in [0.1, 0.15) is 37.1 Å². The van der Waals surface area contributed by atoms with Crippen molar-refractivity contribution in [2.75, 3.05) is 0 Å². The first-order valence-corrected chi connectivity index (χ1v) is 22.1. The zero-order valence-corrected chi connectivity index (χ0v) is 112. The largest absolute Gasteiger partial charge is 0.340 e. The van der Waals surface area contributed by atoms with Gasteiger partial charge in [0.15, 0.2) is 0 Å². The number of hydrogen-bond acceptors (Lipinski definition) is 0. The van der Waals surface area contributed by atoms with Gasteiger partial charge in [0.05, 0.1) is 8.04 Å². The van der Waals surface area contributed by atoms with Crippen LogP contribution in [0.2, 0.25) is 0 Å². The third-order valence-corrected chi connectivity index (χ3v) is 13.4. The summed E-state index contributed by atoms with van der Waals surface area (Å²) in [5, 5.41) is 0. The Morgan fingerprint density at radius 1 is 0.343 bits per heavy atom. The van der Waals surface area contributed by atoms with Crippen molar-refractivity contribution in [1.29, 1.82) is 0 Å². The predicted molar refractivity (Wildman–Crippen MR) is 262 cm³/mol. The number of halogens is 14. The van der Waals surface area contributed by atoms with Gasteiger partial charge in [0.2, 0.25) is 0 Å². The maximum atomic E-state index is 12.6. The van der Waals surface area contributed by atoms with Crippen LogP contribution < -0.4 is 0 Å². The monoisotopic (exact) mass is 3340 g/mol. The second-order valence-corrected chi connectivity index (χ2v) is 19.0. The van der Waals surface area contributed by atoms with Crippen LogP contribution in [0.15, 0.2) is 70.9 Å². The molecule has 0 saturated heterocycles. The van der Waals surface area contributed by atoms with Crippen molar-refractivity contribution in [2.45, 2.75) is 42.5 Å². The van der Waals surface area contributed by atoms with E-state index in [0.29, 0.717) is 12.5 Å². The average Bonchev–Trinajstić information content (AvgIpc) is 2.98. The Kier molecular flexibility index (Phi) is 218. The third-order valence-electron chi connectivity index (χ3n) is 5.22. The number of benzene rings is 5. The first-order chi connectivity index (χ1) is 22.2. The van der Waals surface area contributed by atoms with Crippen LogP contribution in [-0.4, -0.2) is 0 Å². The molecule has 0 nitrogen and oxygen atoms in total. The Morgan fingerprint density at radius 2 is 0.614 bits per heavy atom. The van der Waals surface area contributed by atoms with Gasteiger partial charge >= 0.3 is 0 Å². The Labute approximate surface area is 1030 Å². The minimum atomic E-state index is -0.535. The fraction of sp³-hybridized carbons (Fsp3) is 0.167. The van der Waals surface area contributed by atoms with Gasteiger partial charge in [0.25, 0.3) is 0 Å². The Hall–Kier alpha value is 23.9. The van der Waals surface area contributed by atoms with Gasteiger partial charge in [0.1, 0.15) is 23.3 Å². The molecule has 20 radical (unpaired) electrons. The zero-order valence-electron chi connectivity index (χ0n) is 36.5. The fourth-order valence-corrected chi connectivity index (χ4v) is 6.78. The average molecular weight is 3350 g/mol. The summed E-state index contributed by atoms with van der Waals surface area (Å²) in [4.78, 5) is 0. The van der Waals surface area contributed by atoms with Crippen molar-refractivity contribution in [1.82, 2.24) is 0 Å². The molecule has 5 aromatic rings. The number of aryl methyl sites for hydroxylation is 4. The molecule has 0 saturated carbocycles. The summed E-state index contributed by atoms with van der Waals surface area (Å²) in [7, 11) is 0. The molecular weight excluding hydrogens is 3320 g/mol. The third kappa shape index (κ3) is 79.3. The van der Waals surface area contributed by atoms with E-state index in [0.717, 1.165) is 17.0 Å². The van der Waals surface area contributed by atoms with E-state index in [-0.39, 0.29) is 684 Å². The SMILES string of the molecule is C.C.Cc1[c-]c(Br)[c-]c(C)c1I.Cc1[c-]c(Br)[c-]c(C)c1I.Fc1cc(Br)cc(F)c1I.Fc1cc(Br)ccc1I.Fc1cc(I)ccc1Br.[Y].[Y].[Y].[Y].[Y].[Y].[Y].[Y].[Y].[Y].[Y].[Y].[Y].[Y].[Y].[Y].[Y].[Y].[Y].[Y]. The molecule has 0 heterocycles. The second kappa shape index (κ2) is 97.1. The molecule has 0 aliphatic carbocycles. The van der Waals surface area contributed by atoms with Crippen molar-refractivity contribution in [2.24, 2.45) is 0 Å². The van der Waals surface area contributed by atoms with Crippen LogP contribution in [0.25, 0.3) is 0 Å². The van der Waals surface area contributed by atoms with E-state index >= 15 is 0 Å². The first-order valence-electron chi connectivity index (χ1n) is 12.8. The van der Waals surface area contributed by atoms with Crippen LogP contribution in [0.3, 0.4) is 0 Å². The molecule has 70 heavy (non-hydrogen) atoms. The van der Waals surface area contributed by atoms with Crippen molar-refractivity contribution < 1.29 is 672 Å². The molecule has 0 aliphatic heterocycles. The van der Waals surface area contributed by atoms with Crippen LogP contribution in [-0.2, 0) is 654 Å². The van der Waals surface area contributed by atoms with Gasteiger partial charge in [-0.15, -0.1) is 31.9 Å². The van der Waals surface area contributed by atoms with Gasteiger partial charge in [-0.25, -0.2) is 78.8 Å². The van der Waals surface area contributed by atoms with E-state index in [4.69, 9.17) is 0 Å². The zero-order chi connectivity index (χ0) is 36.9. The van der Waals surface area contributed by atoms with E-state index in [1.54, 1.807) is 34.7 Å². The predicted octanol–water partition coefficient (Wildman–Crippen LogP) is 17.5. The van der Waals surface area contributed by atoms with Crippen molar-refractivity contribution >= 4 is 193 Å². The second-order valence-electron chi connectivity index (χ2n) is 9.06. The molecule has 0 atom stereocenters. The van der Waals surface area contributed by atoms with Gasteiger partial charge in [-0.1, -0.05) is 74.4 Å². The van der Waals surface area contributed by atoms with Crippen molar-refractivity contribution in [3.63, 3.8) is 0 Å². The minimum Gasteiger partial charge on any atom is -0.340 e. The summed E-state index contributed by atoms with van der Waals surface area (Å²) in [5.41, 5.74) is 4.74. The van der Waals surface area contributed by atoms with Gasteiger partial charge in [-0.05, 0) is 132 Å². The van der Waals surface area contributed by atoms with E-state index in [2.05, 4.69) is 172 Å². The molecule has 5 aromatic carbocycles. The van der Waals surface area contributed by atoms with Gasteiger partial charge < -0.3 is 24.3 Å². The maximum Gasteiger partial charge on any atom is 0.140 e. The first kappa shape index (κ1) is 157. The molecule has 334 valence electrons. The van der Waals surface area contributed by atoms with E-state index < -0.39 is 11.6 Å². The quantitative estimate of drug-likeness (QED) is 0.0477. The smallest absolute Gasteiger partial charge is 0.140 e. The molecule has 5 rings (SSSR count). The number of rotatable bonds is 0. The molecule has 0 bridgehead atoms. The summed E-state index contributed by atoms with van der Waals surface area (Å²) < 4.78 is 57.8. The van der Waals surface area contributed by atoms with E-state index in [1.165, 1.54) is 53.7 Å². The summed E-state index contributed by atoms with van der Waals surface area (Å²) in [6.07, 6.45) is 0. The topological polar surface area (TPSA) is 0 Å². The van der Waals surface area contributed by atoms with Crippen molar-refractivity contribution in [3.8, 4) is 0 Å². The molecule has 0 aliphatic rings. The summed E-state index contributed by atoms with van der Waals surface area (Å²) in [6.45, 7) is 8.20. The standard InChI is InChI=1S/2C8H6BrI.C6H2BrF2I.2C6H3BrFI.2CH4.20Y/c2*1-5-3-7(9)4-6(2)8(5)10;7-3-1-4(8)6(10)5(9)2-3;7-4-1-2-6(9)5(8)3-4;7-5-2-1-4(9)3-6(5)8;;;;;;;;;;;;;;;;;;;;;;/h2*1-2H3;1-2H;2*1-3H;2*1H4;;;;;;;;;;;;;;;;;;;;/q2*-2;;;;;;;;;;;;;;;;;;;;;;;;;. The molecule has 0 spiro atoms. The van der Waals surface area contributed by atoms with Gasteiger partial charge in [-0.3, -0.25) is 22.3 Å². The van der Waals surface area contributed by atoms with Crippen LogP contribution in [0.5, 0.6) is 0 Å². The number of hydrogen-bond donors (Lipinski definition) is 0. The van der Waals surface area contributed by atoms with Crippen LogP contribution in [0.4, 0.5) is 17.6 Å². The Morgan fingerprint density at radius 3 is 0.843 bits per heavy atom. The maximum absolute atomic E-state index is 12.6. The van der Waals surface area contributed by atoms with E-state index in [9.17, 15) is 17.6 Å². The fourth-order valence-electron chi connectivity index (χ4n) is 2.97.